The Hall–Kier alpha value is -4.17. The summed E-state index contributed by atoms with van der Waals surface area (Å²) in [5, 5.41) is 17.6. The summed E-state index contributed by atoms with van der Waals surface area (Å²) in [7, 11) is 1.92. The molecule has 5 aromatic rings. The second-order valence-electron chi connectivity index (χ2n) is 10.00. The van der Waals surface area contributed by atoms with Crippen LogP contribution in [0.3, 0.4) is 0 Å². The van der Waals surface area contributed by atoms with E-state index in [-0.39, 0.29) is 5.82 Å². The molecule has 0 aliphatic carbocycles. The number of hydrogen-bond acceptors (Lipinski definition) is 4. The molecular formula is C31H30FN3O4. The normalized spacial score (nSPS) is 13.5. The number of carboxylic acid groups (broad SMARTS) is 1. The highest BCUT2D eigenvalue weighted by Gasteiger charge is 2.27. The van der Waals surface area contributed by atoms with Crippen molar-refractivity contribution in [1.29, 1.82) is 0 Å². The third kappa shape index (κ3) is 4.44. The van der Waals surface area contributed by atoms with E-state index >= 15 is 0 Å². The number of carbonyl (C=O) groups is 1. The standard InChI is InChI=1S/C31H30FN3O4/c1-19-28-25-9-4-8-23-24(10-5-16-39-27-11-3-7-20-17-21(32)12-13-22(20)27)30(31(36)37)35(29(23)25)14-6-15-38-18-26(28)34(2)33-19/h3-4,7-9,11-13,17H,5-6,10,14-16,18H2,1-2H3,(H,36,37). The number of para-hydroxylation sites is 1. The van der Waals surface area contributed by atoms with Gasteiger partial charge >= 0.3 is 5.97 Å². The average molecular weight is 528 g/mol. The van der Waals surface area contributed by atoms with Crippen LogP contribution in [-0.2, 0) is 31.4 Å². The molecule has 0 saturated heterocycles. The Morgan fingerprint density at radius 1 is 1.15 bits per heavy atom. The molecule has 3 heterocycles. The zero-order chi connectivity index (χ0) is 27.1. The van der Waals surface area contributed by atoms with Crippen molar-refractivity contribution in [1.82, 2.24) is 14.3 Å². The number of aromatic carboxylic acids is 1. The van der Waals surface area contributed by atoms with Gasteiger partial charge in [-0.25, -0.2) is 9.18 Å². The van der Waals surface area contributed by atoms with E-state index in [0.717, 1.165) is 49.8 Å². The summed E-state index contributed by atoms with van der Waals surface area (Å²) in [6.45, 7) is 3.92. The van der Waals surface area contributed by atoms with Crippen LogP contribution in [0.1, 0.15) is 40.3 Å². The number of hydrogen-bond donors (Lipinski definition) is 1. The molecule has 1 aliphatic rings. The second-order valence-corrected chi connectivity index (χ2v) is 10.00. The van der Waals surface area contributed by atoms with Gasteiger partial charge in [-0.05, 0) is 61.4 Å². The Morgan fingerprint density at radius 3 is 2.85 bits per heavy atom. The topological polar surface area (TPSA) is 78.5 Å². The van der Waals surface area contributed by atoms with Crippen LogP contribution in [0, 0.1) is 12.7 Å². The van der Waals surface area contributed by atoms with Crippen LogP contribution < -0.4 is 4.74 Å². The first-order valence-corrected chi connectivity index (χ1v) is 13.2. The number of aryl methyl sites for hydroxylation is 4. The molecule has 0 atom stereocenters. The van der Waals surface area contributed by atoms with E-state index in [4.69, 9.17) is 9.47 Å². The maximum absolute atomic E-state index is 13.7. The van der Waals surface area contributed by atoms with E-state index in [1.54, 1.807) is 6.07 Å². The maximum atomic E-state index is 13.7. The Bertz CT molecular complexity index is 1720. The van der Waals surface area contributed by atoms with Crippen molar-refractivity contribution >= 4 is 27.6 Å². The average Bonchev–Trinajstić information content (AvgIpc) is 3.39. The molecule has 8 heteroatoms. The van der Waals surface area contributed by atoms with Gasteiger partial charge in [0.1, 0.15) is 17.3 Å². The van der Waals surface area contributed by atoms with Crippen LogP contribution in [0.4, 0.5) is 4.39 Å². The van der Waals surface area contributed by atoms with Gasteiger partial charge in [0, 0.05) is 42.1 Å². The molecule has 0 amide bonds. The van der Waals surface area contributed by atoms with Gasteiger partial charge in [-0.3, -0.25) is 4.68 Å². The number of ether oxygens (including phenoxy) is 2. The van der Waals surface area contributed by atoms with Crippen molar-refractivity contribution in [3.05, 3.63) is 83.1 Å². The van der Waals surface area contributed by atoms with E-state index in [0.29, 0.717) is 57.1 Å². The molecular weight excluding hydrogens is 497 g/mol. The fraction of sp³-hybridized carbons (Fsp3) is 0.290. The Morgan fingerprint density at radius 2 is 2.00 bits per heavy atom. The highest BCUT2D eigenvalue weighted by Crippen LogP contribution is 2.39. The molecule has 200 valence electrons. The summed E-state index contributed by atoms with van der Waals surface area (Å²) in [4.78, 5) is 12.7. The third-order valence-corrected chi connectivity index (χ3v) is 7.54. The summed E-state index contributed by atoms with van der Waals surface area (Å²) < 4.78 is 29.5. The lowest BCUT2D eigenvalue weighted by Crippen LogP contribution is -2.14. The Balaban J connectivity index is 1.37. The largest absolute Gasteiger partial charge is 0.493 e. The highest BCUT2D eigenvalue weighted by molar-refractivity contribution is 6.04. The van der Waals surface area contributed by atoms with Gasteiger partial charge in [0.25, 0.3) is 0 Å². The van der Waals surface area contributed by atoms with Gasteiger partial charge < -0.3 is 19.1 Å². The predicted octanol–water partition coefficient (Wildman–Crippen LogP) is 6.27. The van der Waals surface area contributed by atoms with Crippen molar-refractivity contribution in [2.24, 2.45) is 7.05 Å². The van der Waals surface area contributed by atoms with E-state index in [1.165, 1.54) is 12.1 Å². The van der Waals surface area contributed by atoms with Crippen LogP contribution in [-0.4, -0.2) is 38.6 Å². The first-order chi connectivity index (χ1) is 18.9. The molecule has 39 heavy (non-hydrogen) atoms. The number of rotatable bonds is 6. The molecule has 6 rings (SSSR count). The lowest BCUT2D eigenvalue weighted by Gasteiger charge is -2.16. The Labute approximate surface area is 225 Å². The predicted molar refractivity (Wildman–Crippen MR) is 148 cm³/mol. The fourth-order valence-electron chi connectivity index (χ4n) is 5.90. The molecule has 1 N–H and O–H groups in total. The molecule has 0 fully saturated rings. The van der Waals surface area contributed by atoms with Gasteiger partial charge in [-0.2, -0.15) is 5.10 Å². The quantitative estimate of drug-likeness (QED) is 0.263. The van der Waals surface area contributed by atoms with Crippen molar-refractivity contribution in [2.45, 2.75) is 39.3 Å². The lowest BCUT2D eigenvalue weighted by atomic mass is 9.98. The van der Waals surface area contributed by atoms with E-state index < -0.39 is 5.97 Å². The second kappa shape index (κ2) is 10.2. The fourth-order valence-corrected chi connectivity index (χ4v) is 5.90. The van der Waals surface area contributed by atoms with Crippen LogP contribution in [0.2, 0.25) is 0 Å². The number of halogens is 1. The number of nitrogens with zero attached hydrogens (tertiary/aromatic N) is 3. The molecule has 3 aromatic carbocycles. The number of benzene rings is 3. The lowest BCUT2D eigenvalue weighted by molar-refractivity contribution is 0.0681. The summed E-state index contributed by atoms with van der Waals surface area (Å²) >= 11 is 0. The SMILES string of the molecule is Cc1nn(C)c2c1-c1cccc3c(CCCOc4cccc5cc(F)ccc45)c(C(=O)O)n(c13)CCCOC2. The molecule has 0 saturated carbocycles. The molecule has 1 aliphatic heterocycles. The molecule has 7 nitrogen and oxygen atoms in total. The van der Waals surface area contributed by atoms with Crippen LogP contribution >= 0.6 is 0 Å². The van der Waals surface area contributed by atoms with Gasteiger partial charge in [-0.15, -0.1) is 0 Å². The number of aromatic nitrogens is 3. The van der Waals surface area contributed by atoms with Gasteiger partial charge in [0.2, 0.25) is 0 Å². The maximum Gasteiger partial charge on any atom is 0.352 e. The first kappa shape index (κ1) is 25.1. The van der Waals surface area contributed by atoms with E-state index in [9.17, 15) is 14.3 Å². The number of fused-ring (bicyclic) bond motifs is 3. The van der Waals surface area contributed by atoms with Crippen molar-refractivity contribution in [2.75, 3.05) is 13.2 Å². The van der Waals surface area contributed by atoms with Crippen LogP contribution in [0.5, 0.6) is 5.75 Å². The summed E-state index contributed by atoms with van der Waals surface area (Å²) in [5.74, 6) is -0.536. The molecule has 0 bridgehead atoms. The van der Waals surface area contributed by atoms with E-state index in [2.05, 4.69) is 11.2 Å². The van der Waals surface area contributed by atoms with Gasteiger partial charge in [-0.1, -0.05) is 30.3 Å². The monoisotopic (exact) mass is 527 g/mol. The molecule has 0 radical (unpaired) electrons. The Kier molecular flexibility index (Phi) is 6.56. The summed E-state index contributed by atoms with van der Waals surface area (Å²) in [5.41, 5.74) is 5.92. The summed E-state index contributed by atoms with van der Waals surface area (Å²) in [6.07, 6.45) is 1.87. The van der Waals surface area contributed by atoms with Crippen molar-refractivity contribution in [3.8, 4) is 16.9 Å². The smallest absolute Gasteiger partial charge is 0.352 e. The van der Waals surface area contributed by atoms with Crippen molar-refractivity contribution in [3.63, 3.8) is 0 Å². The molecule has 0 spiro atoms. The zero-order valence-corrected chi connectivity index (χ0v) is 22.0. The van der Waals surface area contributed by atoms with Crippen LogP contribution in [0.15, 0.2) is 54.6 Å². The van der Waals surface area contributed by atoms with E-state index in [1.807, 2.05) is 53.6 Å². The summed E-state index contributed by atoms with van der Waals surface area (Å²) in [6, 6.07) is 16.3. The minimum atomic E-state index is -0.940. The zero-order valence-electron chi connectivity index (χ0n) is 22.0. The molecule has 0 unspecified atom stereocenters. The van der Waals surface area contributed by atoms with Crippen molar-refractivity contribution < 1.29 is 23.8 Å². The van der Waals surface area contributed by atoms with Crippen LogP contribution in [0.25, 0.3) is 32.8 Å². The minimum Gasteiger partial charge on any atom is -0.493 e. The highest BCUT2D eigenvalue weighted by atomic mass is 19.1. The van der Waals surface area contributed by atoms with Gasteiger partial charge in [0.05, 0.1) is 30.1 Å². The van der Waals surface area contributed by atoms with Gasteiger partial charge in [0.15, 0.2) is 0 Å². The number of carboxylic acids is 1. The minimum absolute atomic E-state index is 0.285. The first-order valence-electron chi connectivity index (χ1n) is 13.2. The third-order valence-electron chi connectivity index (χ3n) is 7.54. The molecule has 2 aromatic heterocycles.